The Morgan fingerprint density at radius 1 is 0.870 bits per heavy atom. The molecule has 12 nitrogen and oxygen atoms in total. The first-order valence-corrected chi connectivity index (χ1v) is 16.1. The summed E-state index contributed by atoms with van der Waals surface area (Å²) < 4.78 is 17.0. The number of esters is 2. The van der Waals surface area contributed by atoms with Crippen LogP contribution in [0.25, 0.3) is 0 Å². The zero-order chi connectivity index (χ0) is 32.5. The van der Waals surface area contributed by atoms with E-state index in [1.165, 1.54) is 47.2 Å². The van der Waals surface area contributed by atoms with E-state index in [4.69, 9.17) is 13.9 Å². The Hall–Kier alpha value is -4.95. The van der Waals surface area contributed by atoms with E-state index in [1.54, 1.807) is 38.1 Å². The third-order valence-corrected chi connectivity index (χ3v) is 10.1. The number of nitrogens with zero attached hydrogens (tertiary/aromatic N) is 2. The van der Waals surface area contributed by atoms with Gasteiger partial charge in [-0.15, -0.1) is 0 Å². The van der Waals surface area contributed by atoms with Crippen LogP contribution < -0.4 is 15.1 Å². The van der Waals surface area contributed by atoms with Crippen LogP contribution in [0.15, 0.2) is 81.2 Å². The SMILES string of the molecule is CCOC(=O)c1ccc(NC(=O)Cn2c3c(sc2=O)C(c2ccco2)C2C(=O)N(c4ccc(C(=O)OCC)cc4)C(=O)C2S3)cc1. The maximum Gasteiger partial charge on any atom is 0.338 e. The molecule has 2 aromatic heterocycles. The lowest BCUT2D eigenvalue weighted by Crippen LogP contribution is -2.32. The number of hydrogen-bond acceptors (Lipinski definition) is 11. The van der Waals surface area contributed by atoms with Crippen LogP contribution in [0, 0.1) is 5.92 Å². The molecule has 14 heteroatoms. The zero-order valence-electron chi connectivity index (χ0n) is 24.6. The van der Waals surface area contributed by atoms with E-state index in [0.29, 0.717) is 32.6 Å². The van der Waals surface area contributed by atoms with E-state index in [2.05, 4.69) is 5.32 Å². The lowest BCUT2D eigenvalue weighted by atomic mass is 9.87. The summed E-state index contributed by atoms with van der Waals surface area (Å²) >= 11 is 1.98. The fraction of sp³-hybridized carbons (Fsp3) is 0.250. The summed E-state index contributed by atoms with van der Waals surface area (Å²) in [7, 11) is 0. The summed E-state index contributed by atoms with van der Waals surface area (Å²) in [6.07, 6.45) is 1.46. The van der Waals surface area contributed by atoms with Gasteiger partial charge in [-0.25, -0.2) is 14.5 Å². The molecule has 0 aliphatic carbocycles. The number of hydrogen-bond donors (Lipinski definition) is 1. The number of carbonyl (C=O) groups is 5. The number of anilines is 2. The number of ether oxygens (including phenoxy) is 2. The summed E-state index contributed by atoms with van der Waals surface area (Å²) in [4.78, 5) is 79.4. The van der Waals surface area contributed by atoms with Crippen LogP contribution >= 0.6 is 23.1 Å². The van der Waals surface area contributed by atoms with Crippen molar-refractivity contribution < 1.29 is 37.9 Å². The molecule has 1 saturated heterocycles. The number of imide groups is 1. The van der Waals surface area contributed by atoms with Crippen molar-refractivity contribution in [3.8, 4) is 0 Å². The maximum absolute atomic E-state index is 13.9. The second kappa shape index (κ2) is 12.8. The first-order valence-electron chi connectivity index (χ1n) is 14.4. The summed E-state index contributed by atoms with van der Waals surface area (Å²) in [5.74, 6) is -3.65. The van der Waals surface area contributed by atoms with Crippen LogP contribution in [-0.4, -0.2) is 52.7 Å². The van der Waals surface area contributed by atoms with E-state index in [9.17, 15) is 28.8 Å². The van der Waals surface area contributed by atoms with E-state index < -0.39 is 51.6 Å². The molecular formula is C32H27N3O9S2. The summed E-state index contributed by atoms with van der Waals surface area (Å²) in [5.41, 5.74) is 1.32. The fourth-order valence-corrected chi connectivity index (χ4v) is 8.25. The first-order chi connectivity index (χ1) is 22.2. The molecule has 2 aliphatic rings. The second-order valence-corrected chi connectivity index (χ2v) is 12.4. The van der Waals surface area contributed by atoms with Gasteiger partial charge in [0, 0.05) is 5.69 Å². The highest BCUT2D eigenvalue weighted by molar-refractivity contribution is 8.00. The molecular weight excluding hydrogens is 634 g/mol. The maximum atomic E-state index is 13.9. The lowest BCUT2D eigenvalue weighted by Gasteiger charge is -2.29. The summed E-state index contributed by atoms with van der Waals surface area (Å²) in [6.45, 7) is 3.50. The van der Waals surface area contributed by atoms with Crippen LogP contribution in [0.3, 0.4) is 0 Å². The number of furan rings is 1. The molecule has 0 radical (unpaired) electrons. The molecule has 0 spiro atoms. The first kappa shape index (κ1) is 31.0. The Bertz CT molecular complexity index is 1880. The van der Waals surface area contributed by atoms with Crippen molar-refractivity contribution in [1.29, 1.82) is 0 Å². The molecule has 3 atom stereocenters. The Balaban J connectivity index is 1.28. The molecule has 2 aromatic carbocycles. The molecule has 1 N–H and O–H groups in total. The average Bonchev–Trinajstić information content (AvgIpc) is 3.75. The zero-order valence-corrected chi connectivity index (χ0v) is 26.2. The van der Waals surface area contributed by atoms with Crippen molar-refractivity contribution in [3.05, 3.63) is 98.4 Å². The van der Waals surface area contributed by atoms with E-state index in [0.717, 1.165) is 28.0 Å². The Kier molecular flexibility index (Phi) is 8.65. The van der Waals surface area contributed by atoms with Crippen molar-refractivity contribution in [2.24, 2.45) is 5.92 Å². The molecule has 46 heavy (non-hydrogen) atoms. The smallest absolute Gasteiger partial charge is 0.338 e. The summed E-state index contributed by atoms with van der Waals surface area (Å²) in [6, 6.07) is 15.5. The number of thiazole rings is 1. The molecule has 3 amide bonds. The molecule has 2 aliphatic heterocycles. The Morgan fingerprint density at radius 3 is 2.09 bits per heavy atom. The number of fused-ring (bicyclic) bond motifs is 2. The van der Waals surface area contributed by atoms with Crippen molar-refractivity contribution in [2.75, 3.05) is 23.4 Å². The molecule has 0 bridgehead atoms. The predicted molar refractivity (Wildman–Crippen MR) is 168 cm³/mol. The number of aromatic nitrogens is 1. The molecule has 4 aromatic rings. The number of benzene rings is 2. The highest BCUT2D eigenvalue weighted by Crippen LogP contribution is 2.53. The van der Waals surface area contributed by atoms with Crippen LogP contribution in [0.1, 0.15) is 51.1 Å². The quantitative estimate of drug-likeness (QED) is 0.203. The number of nitrogens with one attached hydrogen (secondary N) is 1. The topological polar surface area (TPSA) is 154 Å². The van der Waals surface area contributed by atoms with E-state index >= 15 is 0 Å². The van der Waals surface area contributed by atoms with Crippen LogP contribution in [0.2, 0.25) is 0 Å². The van der Waals surface area contributed by atoms with Crippen molar-refractivity contribution in [1.82, 2.24) is 4.57 Å². The average molecular weight is 662 g/mol. The predicted octanol–water partition coefficient (Wildman–Crippen LogP) is 4.29. The van der Waals surface area contributed by atoms with Gasteiger partial charge < -0.3 is 19.2 Å². The van der Waals surface area contributed by atoms with Gasteiger partial charge in [0.05, 0.1) is 58.0 Å². The van der Waals surface area contributed by atoms with Crippen molar-refractivity contribution >= 4 is 64.1 Å². The highest BCUT2D eigenvalue weighted by atomic mass is 32.2. The van der Waals surface area contributed by atoms with Gasteiger partial charge in [0.15, 0.2) is 0 Å². The molecule has 6 rings (SSSR count). The molecule has 1 fully saturated rings. The molecule has 236 valence electrons. The lowest BCUT2D eigenvalue weighted by molar-refractivity contribution is -0.122. The van der Waals surface area contributed by atoms with Crippen LogP contribution in [-0.2, 0) is 30.4 Å². The monoisotopic (exact) mass is 661 g/mol. The largest absolute Gasteiger partial charge is 0.469 e. The van der Waals surface area contributed by atoms with Gasteiger partial charge in [-0.1, -0.05) is 23.1 Å². The van der Waals surface area contributed by atoms with Crippen molar-refractivity contribution in [2.45, 2.75) is 36.6 Å². The standard InChI is InChI=1S/C32H27N3O9S2/c1-3-42-30(39)17-7-11-19(12-8-17)33-22(36)16-34-29-26(46-32(34)41)23(21-6-5-15-44-21)24-25(45-29)28(38)35(27(24)37)20-13-9-18(10-14-20)31(40)43-4-2/h5-15,23-25H,3-4,16H2,1-2H3,(H,33,36). The molecule has 4 heterocycles. The Morgan fingerprint density at radius 2 is 1.50 bits per heavy atom. The number of amides is 3. The molecule has 0 saturated carbocycles. The van der Waals surface area contributed by atoms with E-state index in [-0.39, 0.29) is 25.3 Å². The van der Waals surface area contributed by atoms with Gasteiger partial charge >= 0.3 is 16.8 Å². The van der Waals surface area contributed by atoms with Crippen LogP contribution in [0.4, 0.5) is 11.4 Å². The number of thioether (sulfide) groups is 1. The third kappa shape index (κ3) is 5.65. The van der Waals surface area contributed by atoms with Gasteiger partial charge in [0.1, 0.15) is 17.6 Å². The highest BCUT2D eigenvalue weighted by Gasteiger charge is 2.57. The minimum atomic E-state index is -0.904. The number of rotatable bonds is 9. The normalized spacial score (nSPS) is 18.6. The van der Waals surface area contributed by atoms with Gasteiger partial charge in [-0.2, -0.15) is 0 Å². The number of carbonyl (C=O) groups excluding carboxylic acids is 5. The fourth-order valence-electron chi connectivity index (χ4n) is 5.49. The summed E-state index contributed by atoms with van der Waals surface area (Å²) in [5, 5.41) is 2.23. The third-order valence-electron chi connectivity index (χ3n) is 7.52. The van der Waals surface area contributed by atoms with Crippen LogP contribution in [0.5, 0.6) is 0 Å². The van der Waals surface area contributed by atoms with Gasteiger partial charge in [-0.05, 0) is 74.5 Å². The minimum absolute atomic E-state index is 0.208. The molecule has 3 unspecified atom stereocenters. The van der Waals surface area contributed by atoms with E-state index in [1.807, 2.05) is 0 Å². The van der Waals surface area contributed by atoms with Gasteiger partial charge in [-0.3, -0.25) is 23.7 Å². The second-order valence-electron chi connectivity index (χ2n) is 10.3. The van der Waals surface area contributed by atoms with Gasteiger partial charge in [0.25, 0.3) is 0 Å². The van der Waals surface area contributed by atoms with Crippen molar-refractivity contribution in [3.63, 3.8) is 0 Å². The minimum Gasteiger partial charge on any atom is -0.469 e. The Labute approximate surface area is 270 Å². The van der Waals surface area contributed by atoms with Gasteiger partial charge in [0.2, 0.25) is 17.7 Å².